The number of fused-ring (bicyclic) bond motifs is 1. The molecule has 0 radical (unpaired) electrons. The molecule has 130 valence electrons. The molecule has 0 unspecified atom stereocenters. The van der Waals surface area contributed by atoms with Gasteiger partial charge < -0.3 is 9.80 Å². The summed E-state index contributed by atoms with van der Waals surface area (Å²) in [4.78, 5) is 17.6. The number of rotatable bonds is 2. The van der Waals surface area contributed by atoms with Crippen molar-refractivity contribution in [3.63, 3.8) is 0 Å². The van der Waals surface area contributed by atoms with Gasteiger partial charge in [-0.3, -0.25) is 4.79 Å². The van der Waals surface area contributed by atoms with Crippen LogP contribution >= 0.6 is 11.3 Å². The number of amides is 1. The molecule has 1 saturated heterocycles. The number of aryl methyl sites for hydroxylation is 2. The van der Waals surface area contributed by atoms with Crippen LogP contribution in [0.5, 0.6) is 0 Å². The van der Waals surface area contributed by atoms with Gasteiger partial charge in [-0.1, -0.05) is 23.5 Å². The third kappa shape index (κ3) is 2.76. The number of carbonyl (C=O) groups is 1. The van der Waals surface area contributed by atoms with Crippen molar-refractivity contribution in [1.82, 2.24) is 24.7 Å². The fourth-order valence-electron chi connectivity index (χ4n) is 3.17. The maximum absolute atomic E-state index is 12.7. The molecule has 0 spiro atoms. The molecule has 0 bridgehead atoms. The van der Waals surface area contributed by atoms with Gasteiger partial charge in [-0.15, -0.1) is 15.3 Å². The van der Waals surface area contributed by atoms with Gasteiger partial charge in [-0.2, -0.15) is 4.52 Å². The van der Waals surface area contributed by atoms with Crippen molar-refractivity contribution in [2.45, 2.75) is 20.8 Å². The average molecular weight is 356 g/mol. The molecular weight excluding hydrogens is 336 g/mol. The third-order valence-electron chi connectivity index (χ3n) is 4.81. The Morgan fingerprint density at radius 3 is 2.56 bits per heavy atom. The highest BCUT2D eigenvalue weighted by molar-refractivity contribution is 7.18. The van der Waals surface area contributed by atoms with Gasteiger partial charge in [-0.05, 0) is 38.0 Å². The molecule has 0 N–H and O–H groups in total. The Kier molecular flexibility index (Phi) is 3.91. The molecule has 3 aromatic rings. The lowest BCUT2D eigenvalue weighted by molar-refractivity contribution is 0.0745. The van der Waals surface area contributed by atoms with Crippen molar-refractivity contribution in [2.24, 2.45) is 0 Å². The number of piperazine rings is 1. The Hall–Kier alpha value is -2.48. The standard InChI is InChI=1S/C17H20N6OS/c1-11-5-4-6-14(12(11)2)21-7-9-22(10-8-21)16(24)15-20-23-13(3)18-19-17(23)25-15/h4-6H,7-10H2,1-3H3. The van der Waals surface area contributed by atoms with E-state index in [1.165, 1.54) is 28.2 Å². The van der Waals surface area contributed by atoms with Crippen LogP contribution in [0.1, 0.15) is 26.8 Å². The molecule has 25 heavy (non-hydrogen) atoms. The Morgan fingerprint density at radius 2 is 1.84 bits per heavy atom. The van der Waals surface area contributed by atoms with Crippen molar-refractivity contribution >= 4 is 27.9 Å². The zero-order valence-electron chi connectivity index (χ0n) is 14.6. The maximum Gasteiger partial charge on any atom is 0.284 e. The second-order valence-electron chi connectivity index (χ2n) is 6.35. The first-order chi connectivity index (χ1) is 12.0. The molecule has 7 nitrogen and oxygen atoms in total. The molecule has 0 aliphatic carbocycles. The van der Waals surface area contributed by atoms with Gasteiger partial charge in [0.15, 0.2) is 5.82 Å². The van der Waals surface area contributed by atoms with Crippen molar-refractivity contribution in [1.29, 1.82) is 0 Å². The molecule has 1 amide bonds. The summed E-state index contributed by atoms with van der Waals surface area (Å²) in [5, 5.41) is 12.8. The summed E-state index contributed by atoms with van der Waals surface area (Å²) < 4.78 is 1.63. The average Bonchev–Trinajstić information content (AvgIpc) is 3.19. The zero-order valence-corrected chi connectivity index (χ0v) is 15.4. The summed E-state index contributed by atoms with van der Waals surface area (Å²) in [5.74, 6) is 0.681. The van der Waals surface area contributed by atoms with E-state index in [0.717, 1.165) is 13.1 Å². The van der Waals surface area contributed by atoms with Crippen molar-refractivity contribution < 1.29 is 4.79 Å². The van der Waals surface area contributed by atoms with Crippen LogP contribution in [0.3, 0.4) is 0 Å². The second-order valence-corrected chi connectivity index (χ2v) is 7.30. The minimum absolute atomic E-state index is 0.0180. The first-order valence-electron chi connectivity index (χ1n) is 8.34. The molecule has 2 aromatic heterocycles. The Labute approximate surface area is 149 Å². The summed E-state index contributed by atoms with van der Waals surface area (Å²) >= 11 is 1.29. The molecule has 4 rings (SSSR count). The van der Waals surface area contributed by atoms with E-state index >= 15 is 0 Å². The molecular formula is C17H20N6OS. The summed E-state index contributed by atoms with van der Waals surface area (Å²) in [6.45, 7) is 9.18. The fraction of sp³-hybridized carbons (Fsp3) is 0.412. The molecule has 1 aliphatic heterocycles. The van der Waals surface area contributed by atoms with Gasteiger partial charge in [0.2, 0.25) is 9.97 Å². The highest BCUT2D eigenvalue weighted by Crippen LogP contribution is 2.24. The summed E-state index contributed by atoms with van der Waals surface area (Å²) in [6, 6.07) is 6.39. The van der Waals surface area contributed by atoms with Crippen LogP contribution in [0, 0.1) is 20.8 Å². The maximum atomic E-state index is 12.7. The Bertz CT molecular complexity index is 938. The lowest BCUT2D eigenvalue weighted by Crippen LogP contribution is -2.49. The second kappa shape index (κ2) is 6.11. The smallest absolute Gasteiger partial charge is 0.284 e. The van der Waals surface area contributed by atoms with Crippen LogP contribution in [0.4, 0.5) is 5.69 Å². The Morgan fingerprint density at radius 1 is 1.08 bits per heavy atom. The van der Waals surface area contributed by atoms with E-state index in [-0.39, 0.29) is 5.91 Å². The minimum Gasteiger partial charge on any atom is -0.368 e. The number of benzene rings is 1. The van der Waals surface area contributed by atoms with E-state index < -0.39 is 0 Å². The minimum atomic E-state index is -0.0180. The predicted octanol–water partition coefficient (Wildman–Crippen LogP) is 2.07. The van der Waals surface area contributed by atoms with E-state index in [9.17, 15) is 4.79 Å². The monoisotopic (exact) mass is 356 g/mol. The Balaban J connectivity index is 1.47. The van der Waals surface area contributed by atoms with Gasteiger partial charge in [0.25, 0.3) is 5.91 Å². The molecule has 1 aliphatic rings. The number of carbonyl (C=O) groups excluding carboxylic acids is 1. The zero-order chi connectivity index (χ0) is 17.6. The predicted molar refractivity (Wildman–Crippen MR) is 97.4 cm³/mol. The van der Waals surface area contributed by atoms with E-state index in [1.54, 1.807) is 4.52 Å². The first-order valence-corrected chi connectivity index (χ1v) is 9.15. The van der Waals surface area contributed by atoms with Crippen LogP contribution < -0.4 is 4.90 Å². The molecule has 0 saturated carbocycles. The molecule has 0 atom stereocenters. The number of nitrogens with zero attached hydrogens (tertiary/aromatic N) is 6. The highest BCUT2D eigenvalue weighted by Gasteiger charge is 2.26. The SMILES string of the molecule is Cc1cccc(N2CCN(C(=O)c3nn4c(C)nnc4s3)CC2)c1C. The molecule has 3 heterocycles. The van der Waals surface area contributed by atoms with Gasteiger partial charge in [-0.25, -0.2) is 0 Å². The molecule has 8 heteroatoms. The van der Waals surface area contributed by atoms with Gasteiger partial charge >= 0.3 is 0 Å². The topological polar surface area (TPSA) is 66.6 Å². The summed E-state index contributed by atoms with van der Waals surface area (Å²) in [6.07, 6.45) is 0. The number of hydrogen-bond donors (Lipinski definition) is 0. The van der Waals surface area contributed by atoms with Crippen LogP contribution in [0.15, 0.2) is 18.2 Å². The van der Waals surface area contributed by atoms with Crippen molar-refractivity contribution in [3.8, 4) is 0 Å². The van der Waals surface area contributed by atoms with Gasteiger partial charge in [0, 0.05) is 31.9 Å². The van der Waals surface area contributed by atoms with Gasteiger partial charge in [0.05, 0.1) is 0 Å². The fourth-order valence-corrected chi connectivity index (χ4v) is 4.02. The van der Waals surface area contributed by atoms with E-state index in [1.807, 2.05) is 11.8 Å². The van der Waals surface area contributed by atoms with Crippen molar-refractivity contribution in [2.75, 3.05) is 31.1 Å². The molecule has 1 fully saturated rings. The lowest BCUT2D eigenvalue weighted by Gasteiger charge is -2.36. The highest BCUT2D eigenvalue weighted by atomic mass is 32.1. The van der Waals surface area contributed by atoms with Crippen LogP contribution in [0.2, 0.25) is 0 Å². The van der Waals surface area contributed by atoms with Crippen LogP contribution in [-0.2, 0) is 0 Å². The quantitative estimate of drug-likeness (QED) is 0.703. The van der Waals surface area contributed by atoms with Crippen LogP contribution in [-0.4, -0.2) is 56.8 Å². The third-order valence-corrected chi connectivity index (χ3v) is 5.70. The van der Waals surface area contributed by atoms with E-state index in [0.29, 0.717) is 28.9 Å². The van der Waals surface area contributed by atoms with Gasteiger partial charge in [0.1, 0.15) is 0 Å². The lowest BCUT2D eigenvalue weighted by atomic mass is 10.1. The first kappa shape index (κ1) is 16.0. The summed E-state index contributed by atoms with van der Waals surface area (Å²) in [5.41, 5.74) is 3.87. The number of anilines is 1. The van der Waals surface area contributed by atoms with Crippen LogP contribution in [0.25, 0.3) is 4.96 Å². The largest absolute Gasteiger partial charge is 0.368 e. The van der Waals surface area contributed by atoms with E-state index in [4.69, 9.17) is 0 Å². The summed E-state index contributed by atoms with van der Waals surface area (Å²) in [7, 11) is 0. The number of hydrogen-bond acceptors (Lipinski definition) is 6. The van der Waals surface area contributed by atoms with Crippen molar-refractivity contribution in [3.05, 3.63) is 40.2 Å². The number of aromatic nitrogens is 4. The normalized spacial score (nSPS) is 15.2. The van der Waals surface area contributed by atoms with E-state index in [2.05, 4.69) is 52.2 Å². The molecule has 1 aromatic carbocycles.